The van der Waals surface area contributed by atoms with E-state index in [1.807, 2.05) is 57.7 Å². The van der Waals surface area contributed by atoms with Gasteiger partial charge in [0.1, 0.15) is 11.5 Å². The van der Waals surface area contributed by atoms with Crippen molar-refractivity contribution in [1.82, 2.24) is 30.2 Å². The number of nitrogens with one attached hydrogen (secondary N) is 2. The second-order valence-electron chi connectivity index (χ2n) is 12.2. The summed E-state index contributed by atoms with van der Waals surface area (Å²) in [5.74, 6) is 0.791. The number of carbonyl (C=O) groups is 1. The molecule has 0 radical (unpaired) electrons. The van der Waals surface area contributed by atoms with E-state index in [-0.39, 0.29) is 17.1 Å². The Morgan fingerprint density at radius 2 is 1.88 bits per heavy atom. The highest BCUT2D eigenvalue weighted by Crippen LogP contribution is 2.30. The lowest BCUT2D eigenvalue weighted by Crippen LogP contribution is -2.36. The predicted octanol–water partition coefficient (Wildman–Crippen LogP) is 4.27. The number of anilines is 2. The number of nitrogens with zero attached hydrogens (tertiary/aromatic N) is 6. The monoisotopic (exact) mass is 586 g/mol. The molecule has 1 aromatic carbocycles. The number of rotatable bonds is 10. The Bertz CT molecular complexity index is 1550. The van der Waals surface area contributed by atoms with Crippen molar-refractivity contribution >= 4 is 17.3 Å². The quantitative estimate of drug-likeness (QED) is 0.263. The van der Waals surface area contributed by atoms with Crippen LogP contribution in [0.1, 0.15) is 48.2 Å². The van der Waals surface area contributed by atoms with Crippen LogP contribution >= 0.6 is 0 Å². The van der Waals surface area contributed by atoms with Crippen molar-refractivity contribution in [2.24, 2.45) is 0 Å². The Morgan fingerprint density at radius 3 is 2.63 bits per heavy atom. The van der Waals surface area contributed by atoms with E-state index in [1.165, 1.54) is 0 Å². The number of likely N-dealkylation sites (N-methyl/N-ethyl adjacent to an activating group) is 1. The van der Waals surface area contributed by atoms with Gasteiger partial charge in [0.15, 0.2) is 5.76 Å². The van der Waals surface area contributed by atoms with Gasteiger partial charge in [-0.1, -0.05) is 32.1 Å². The lowest BCUT2D eigenvalue weighted by Gasteiger charge is -2.28. The first-order valence-corrected chi connectivity index (χ1v) is 14.7. The molecular weight excluding hydrogens is 544 g/mol. The number of furan rings is 1. The number of hydrogen-bond acceptors (Lipinski definition) is 9. The molecule has 0 unspecified atom stereocenters. The molecule has 11 nitrogen and oxygen atoms in total. The molecule has 1 fully saturated rings. The van der Waals surface area contributed by atoms with Gasteiger partial charge in [-0.05, 0) is 50.8 Å². The van der Waals surface area contributed by atoms with Crippen molar-refractivity contribution < 1.29 is 13.9 Å². The number of ether oxygens (including phenoxy) is 1. The first kappa shape index (κ1) is 30.4. The van der Waals surface area contributed by atoms with E-state index in [9.17, 15) is 4.79 Å². The number of amides is 1. The van der Waals surface area contributed by atoms with Crippen molar-refractivity contribution in [2.45, 2.75) is 39.7 Å². The maximum atomic E-state index is 13.3. The van der Waals surface area contributed by atoms with Gasteiger partial charge in [0, 0.05) is 61.1 Å². The van der Waals surface area contributed by atoms with E-state index in [0.29, 0.717) is 31.1 Å². The van der Waals surface area contributed by atoms with Crippen LogP contribution < -0.4 is 15.5 Å². The fourth-order valence-corrected chi connectivity index (χ4v) is 5.04. The van der Waals surface area contributed by atoms with E-state index in [1.54, 1.807) is 10.9 Å². The number of morpholine rings is 1. The highest BCUT2D eigenvalue weighted by atomic mass is 16.5. The minimum absolute atomic E-state index is 0.240. The van der Waals surface area contributed by atoms with E-state index in [4.69, 9.17) is 9.15 Å². The summed E-state index contributed by atoms with van der Waals surface area (Å²) < 4.78 is 13.3. The average Bonchev–Trinajstić information content (AvgIpc) is 3.65. The molecule has 0 bridgehead atoms. The van der Waals surface area contributed by atoms with Crippen LogP contribution in [0.2, 0.25) is 0 Å². The highest BCUT2D eigenvalue weighted by Gasteiger charge is 2.26. The van der Waals surface area contributed by atoms with E-state index in [2.05, 4.69) is 62.6 Å². The summed E-state index contributed by atoms with van der Waals surface area (Å²) in [6.45, 7) is 13.7. The maximum absolute atomic E-state index is 13.3. The molecule has 1 aliphatic rings. The molecule has 1 saturated heterocycles. The van der Waals surface area contributed by atoms with Crippen molar-refractivity contribution in [1.29, 1.82) is 0 Å². The number of hydrogen-bond donors (Lipinski definition) is 2. The Hall–Kier alpha value is -4.06. The lowest BCUT2D eigenvalue weighted by atomic mass is 9.90. The van der Waals surface area contributed by atoms with Gasteiger partial charge < -0.3 is 29.6 Å². The third-order valence-corrected chi connectivity index (χ3v) is 7.37. The Balaban J connectivity index is 1.32. The van der Waals surface area contributed by atoms with Crippen molar-refractivity contribution in [3.05, 3.63) is 71.6 Å². The zero-order valence-corrected chi connectivity index (χ0v) is 26.0. The maximum Gasteiger partial charge on any atom is 0.291 e. The van der Waals surface area contributed by atoms with Crippen LogP contribution in [-0.2, 0) is 16.7 Å². The van der Waals surface area contributed by atoms with Crippen LogP contribution in [0.15, 0.2) is 53.3 Å². The molecule has 228 valence electrons. The topological polar surface area (TPSA) is 114 Å². The molecule has 3 aromatic heterocycles. The minimum Gasteiger partial charge on any atom is -0.455 e. The van der Waals surface area contributed by atoms with Crippen LogP contribution in [0.3, 0.4) is 0 Å². The third kappa shape index (κ3) is 7.48. The summed E-state index contributed by atoms with van der Waals surface area (Å²) in [5.41, 5.74) is 5.84. The van der Waals surface area contributed by atoms with E-state index < -0.39 is 0 Å². The molecule has 0 aliphatic carbocycles. The fraction of sp³-hybridized carbons (Fsp3) is 0.438. The largest absolute Gasteiger partial charge is 0.455 e. The van der Waals surface area contributed by atoms with Gasteiger partial charge in [-0.25, -0.2) is 4.68 Å². The number of aromatic nitrogens is 4. The molecule has 0 saturated carbocycles. The van der Waals surface area contributed by atoms with Gasteiger partial charge in [0.25, 0.3) is 5.91 Å². The van der Waals surface area contributed by atoms with Gasteiger partial charge in [0.05, 0.1) is 37.0 Å². The van der Waals surface area contributed by atoms with Gasteiger partial charge in [-0.2, -0.15) is 0 Å². The summed E-state index contributed by atoms with van der Waals surface area (Å²) in [7, 11) is 4.09. The van der Waals surface area contributed by atoms with Gasteiger partial charge in [0.2, 0.25) is 0 Å². The number of pyridine rings is 1. The van der Waals surface area contributed by atoms with Crippen LogP contribution in [0, 0.1) is 6.92 Å². The number of carbonyl (C=O) groups excluding carboxylic acids is 1. The fourth-order valence-electron chi connectivity index (χ4n) is 5.04. The Kier molecular flexibility index (Phi) is 9.24. The summed E-state index contributed by atoms with van der Waals surface area (Å²) in [5, 5.41) is 15.3. The molecule has 2 N–H and O–H groups in total. The van der Waals surface area contributed by atoms with Gasteiger partial charge in [-0.3, -0.25) is 9.78 Å². The molecule has 43 heavy (non-hydrogen) atoms. The third-order valence-electron chi connectivity index (χ3n) is 7.37. The predicted molar refractivity (Wildman–Crippen MR) is 168 cm³/mol. The van der Waals surface area contributed by atoms with Crippen LogP contribution in [-0.4, -0.2) is 84.3 Å². The smallest absolute Gasteiger partial charge is 0.291 e. The molecule has 5 rings (SSSR count). The Morgan fingerprint density at radius 1 is 1.09 bits per heavy atom. The zero-order valence-electron chi connectivity index (χ0n) is 26.0. The second-order valence-corrected chi connectivity index (χ2v) is 12.2. The number of benzene rings is 1. The van der Waals surface area contributed by atoms with Crippen molar-refractivity contribution in [2.75, 3.05) is 63.7 Å². The average molecular weight is 587 g/mol. The molecular formula is C32H42N8O3. The molecule has 1 amide bonds. The molecule has 11 heteroatoms. The van der Waals surface area contributed by atoms with Crippen LogP contribution in [0.4, 0.5) is 11.4 Å². The second kappa shape index (κ2) is 13.1. The highest BCUT2D eigenvalue weighted by molar-refractivity contribution is 6.02. The van der Waals surface area contributed by atoms with E-state index in [0.717, 1.165) is 60.0 Å². The standard InChI is InChI=1S/C32H42N8O3/c1-22-7-8-25(35-31(41)29-16-24(19-33-9-10-38(5)6)30(43-29)32(2,3)4)17-28(22)40-21-27(36-37-40)23-15-26(20-34-18-23)39-11-13-42-14-12-39/h7-8,15-18,20-21,33H,9-14,19H2,1-6H3,(H,35,41). The summed E-state index contributed by atoms with van der Waals surface area (Å²) >= 11 is 0. The first-order chi connectivity index (χ1) is 20.6. The molecule has 0 spiro atoms. The lowest BCUT2D eigenvalue weighted by molar-refractivity contribution is 0.0993. The summed E-state index contributed by atoms with van der Waals surface area (Å²) in [6.07, 6.45) is 5.54. The molecule has 4 heterocycles. The molecule has 1 aliphatic heterocycles. The van der Waals surface area contributed by atoms with Crippen molar-refractivity contribution in [3.63, 3.8) is 0 Å². The normalized spacial score (nSPS) is 14.0. The minimum atomic E-state index is -0.301. The summed E-state index contributed by atoms with van der Waals surface area (Å²) in [6, 6.07) is 9.65. The zero-order chi connectivity index (χ0) is 30.6. The summed E-state index contributed by atoms with van der Waals surface area (Å²) in [4.78, 5) is 22.2. The van der Waals surface area contributed by atoms with Gasteiger partial charge >= 0.3 is 0 Å². The first-order valence-electron chi connectivity index (χ1n) is 14.7. The molecule has 0 atom stereocenters. The van der Waals surface area contributed by atoms with E-state index >= 15 is 0 Å². The van der Waals surface area contributed by atoms with Crippen LogP contribution in [0.25, 0.3) is 16.9 Å². The SMILES string of the molecule is Cc1ccc(NC(=O)c2cc(CNCCN(C)C)c(C(C)(C)C)o2)cc1-n1cc(-c2cncc(N3CCOCC3)c2)nn1. The van der Waals surface area contributed by atoms with Crippen LogP contribution in [0.5, 0.6) is 0 Å². The number of aryl methyl sites for hydroxylation is 1. The Labute approximate surface area is 253 Å². The van der Waals surface area contributed by atoms with Crippen molar-refractivity contribution in [3.8, 4) is 16.9 Å². The van der Waals surface area contributed by atoms with Gasteiger partial charge in [-0.15, -0.1) is 5.10 Å². The molecule has 4 aromatic rings.